The van der Waals surface area contributed by atoms with Crippen LogP contribution in [0.25, 0.3) is 0 Å². The summed E-state index contributed by atoms with van der Waals surface area (Å²) in [6, 6.07) is -0.434. The first kappa shape index (κ1) is 9.50. The van der Waals surface area contributed by atoms with Gasteiger partial charge in [0.1, 0.15) is 6.04 Å². The lowest BCUT2D eigenvalue weighted by molar-refractivity contribution is -0.403. The van der Waals surface area contributed by atoms with Gasteiger partial charge in [0.15, 0.2) is 0 Å². The summed E-state index contributed by atoms with van der Waals surface area (Å²) in [5, 5.41) is 12.8. The van der Waals surface area contributed by atoms with Gasteiger partial charge in [-0.25, -0.2) is 4.79 Å². The molecule has 1 fully saturated rings. The largest absolute Gasteiger partial charge is 0.467 e. The van der Waals surface area contributed by atoms with Crippen molar-refractivity contribution in [2.24, 2.45) is 0 Å². The van der Waals surface area contributed by atoms with E-state index < -0.39 is 11.0 Å². The second-order valence-electron chi connectivity index (χ2n) is 2.70. The minimum atomic E-state index is -0.540. The Morgan fingerprint density at radius 1 is 1.85 bits per heavy atom. The number of rotatable bonds is 2. The first-order valence-corrected chi connectivity index (χ1v) is 3.82. The number of hydrogen-bond donors (Lipinski definition) is 1. The van der Waals surface area contributed by atoms with Crippen molar-refractivity contribution in [3.8, 4) is 0 Å². The van der Waals surface area contributed by atoms with Crippen LogP contribution >= 0.6 is 0 Å². The quantitative estimate of drug-likeness (QED) is 0.373. The minimum Gasteiger partial charge on any atom is -0.467 e. The minimum absolute atomic E-state index is 0.383. The number of hydrogen-bond acceptors (Lipinski definition) is 5. The zero-order valence-corrected chi connectivity index (χ0v) is 7.15. The Labute approximate surface area is 74.7 Å². The molecule has 1 heterocycles. The number of nitrogens with one attached hydrogen (secondary N) is 1. The van der Waals surface area contributed by atoms with Crippen LogP contribution in [0.4, 0.5) is 0 Å². The summed E-state index contributed by atoms with van der Waals surface area (Å²) in [5.41, 5.74) is 0.473. The van der Waals surface area contributed by atoms with Crippen molar-refractivity contribution in [2.45, 2.75) is 18.9 Å². The summed E-state index contributed by atoms with van der Waals surface area (Å²) in [5.74, 6) is -0.383. The van der Waals surface area contributed by atoms with Gasteiger partial charge in [-0.1, -0.05) is 0 Å². The Balaban J connectivity index is 2.54. The van der Waals surface area contributed by atoms with Crippen LogP contribution in [0, 0.1) is 10.1 Å². The lowest BCUT2D eigenvalue weighted by atomic mass is 10.2. The van der Waals surface area contributed by atoms with Gasteiger partial charge in [0.2, 0.25) is 0 Å². The summed E-state index contributed by atoms with van der Waals surface area (Å²) < 4.78 is 4.49. The van der Waals surface area contributed by atoms with Gasteiger partial charge in [0.05, 0.1) is 17.7 Å². The summed E-state index contributed by atoms with van der Waals surface area (Å²) in [4.78, 5) is 20.5. The van der Waals surface area contributed by atoms with Crippen molar-refractivity contribution in [2.75, 3.05) is 7.11 Å². The molecular weight excluding hydrogens is 176 g/mol. The number of carbonyl (C=O) groups is 1. The molecule has 0 saturated carbocycles. The van der Waals surface area contributed by atoms with Crippen molar-refractivity contribution in [1.82, 2.24) is 5.32 Å². The molecule has 0 aromatic rings. The zero-order valence-electron chi connectivity index (χ0n) is 7.15. The molecule has 1 atom stereocenters. The molecule has 6 nitrogen and oxygen atoms in total. The van der Waals surface area contributed by atoms with Gasteiger partial charge in [-0.05, 0) is 12.8 Å². The molecule has 0 aromatic carbocycles. The molecule has 1 aliphatic rings. The third-order valence-electron chi connectivity index (χ3n) is 1.81. The standard InChI is InChI=1S/C7H10N2O4/c1-13-7(10)6-3-2-5(8-6)4-9(11)12/h4,6,8H,2-3H2,1H3/b5-4+. The highest BCUT2D eigenvalue weighted by Crippen LogP contribution is 2.15. The number of allylic oxidation sites excluding steroid dienone is 1. The van der Waals surface area contributed by atoms with E-state index in [2.05, 4.69) is 10.1 Å². The Bertz CT molecular complexity index is 261. The van der Waals surface area contributed by atoms with Crippen LogP contribution in [-0.4, -0.2) is 24.0 Å². The molecule has 0 aliphatic carbocycles. The van der Waals surface area contributed by atoms with E-state index in [4.69, 9.17) is 0 Å². The molecule has 1 unspecified atom stereocenters. The van der Waals surface area contributed by atoms with Crippen molar-refractivity contribution in [3.63, 3.8) is 0 Å². The van der Waals surface area contributed by atoms with E-state index in [1.54, 1.807) is 0 Å². The average molecular weight is 186 g/mol. The number of nitro groups is 1. The number of esters is 1. The van der Waals surface area contributed by atoms with Gasteiger partial charge in [0.25, 0.3) is 6.20 Å². The monoisotopic (exact) mass is 186 g/mol. The Morgan fingerprint density at radius 2 is 2.54 bits per heavy atom. The number of carbonyl (C=O) groups excluding carboxylic acids is 1. The topological polar surface area (TPSA) is 81.5 Å². The number of ether oxygens (including phenoxy) is 1. The van der Waals surface area contributed by atoms with E-state index in [-0.39, 0.29) is 5.97 Å². The zero-order chi connectivity index (χ0) is 9.84. The maximum Gasteiger partial charge on any atom is 0.328 e. The predicted octanol–water partition coefficient (Wildman–Crippen LogP) is 0.0295. The highest BCUT2D eigenvalue weighted by molar-refractivity contribution is 5.76. The van der Waals surface area contributed by atoms with Crippen LogP contribution in [0.1, 0.15) is 12.8 Å². The summed E-state index contributed by atoms with van der Waals surface area (Å²) in [7, 11) is 1.29. The van der Waals surface area contributed by atoms with E-state index in [1.165, 1.54) is 7.11 Å². The molecule has 6 heteroatoms. The average Bonchev–Trinajstić information content (AvgIpc) is 2.50. The molecular formula is C7H10N2O4. The van der Waals surface area contributed by atoms with E-state index >= 15 is 0 Å². The van der Waals surface area contributed by atoms with Crippen LogP contribution in [0.2, 0.25) is 0 Å². The molecule has 0 amide bonds. The van der Waals surface area contributed by atoms with Gasteiger partial charge in [0, 0.05) is 0 Å². The molecule has 1 saturated heterocycles. The maximum atomic E-state index is 11.0. The molecule has 1 aliphatic heterocycles. The molecule has 0 aromatic heterocycles. The molecule has 0 radical (unpaired) electrons. The van der Waals surface area contributed by atoms with Crippen LogP contribution in [0.5, 0.6) is 0 Å². The number of methoxy groups -OCH3 is 1. The van der Waals surface area contributed by atoms with Crippen molar-refractivity contribution < 1.29 is 14.5 Å². The predicted molar refractivity (Wildman–Crippen MR) is 43.3 cm³/mol. The second-order valence-corrected chi connectivity index (χ2v) is 2.70. The van der Waals surface area contributed by atoms with Gasteiger partial charge in [-0.15, -0.1) is 0 Å². The number of nitrogens with zero attached hydrogens (tertiary/aromatic N) is 1. The normalized spacial score (nSPS) is 24.1. The molecule has 0 bridgehead atoms. The second kappa shape index (κ2) is 3.88. The lowest BCUT2D eigenvalue weighted by Gasteiger charge is -2.06. The Morgan fingerprint density at radius 3 is 3.08 bits per heavy atom. The molecule has 1 N–H and O–H groups in total. The van der Waals surface area contributed by atoms with Gasteiger partial charge >= 0.3 is 5.97 Å². The fraction of sp³-hybridized carbons (Fsp3) is 0.571. The lowest BCUT2D eigenvalue weighted by Crippen LogP contribution is -2.31. The van der Waals surface area contributed by atoms with Gasteiger partial charge < -0.3 is 10.1 Å². The SMILES string of the molecule is COC(=O)C1CC/C(=C\[N+](=O)[O-])N1. The Kier molecular flexibility index (Phi) is 2.84. The van der Waals surface area contributed by atoms with Crippen LogP contribution < -0.4 is 5.32 Å². The van der Waals surface area contributed by atoms with E-state index in [9.17, 15) is 14.9 Å². The molecule has 1 rings (SSSR count). The molecule has 72 valence electrons. The van der Waals surface area contributed by atoms with E-state index in [0.717, 1.165) is 6.20 Å². The van der Waals surface area contributed by atoms with Gasteiger partial charge in [-0.2, -0.15) is 0 Å². The summed E-state index contributed by atoms with van der Waals surface area (Å²) in [6.45, 7) is 0. The fourth-order valence-corrected chi connectivity index (χ4v) is 1.22. The van der Waals surface area contributed by atoms with Crippen molar-refractivity contribution in [1.29, 1.82) is 0 Å². The van der Waals surface area contributed by atoms with E-state index in [0.29, 0.717) is 18.5 Å². The fourth-order valence-electron chi connectivity index (χ4n) is 1.22. The van der Waals surface area contributed by atoms with Crippen molar-refractivity contribution >= 4 is 5.97 Å². The van der Waals surface area contributed by atoms with Crippen LogP contribution in [-0.2, 0) is 9.53 Å². The summed E-state index contributed by atoms with van der Waals surface area (Å²) in [6.07, 6.45) is 1.94. The third kappa shape index (κ3) is 2.43. The highest BCUT2D eigenvalue weighted by Gasteiger charge is 2.27. The maximum absolute atomic E-state index is 11.0. The first-order chi connectivity index (χ1) is 6.13. The summed E-state index contributed by atoms with van der Waals surface area (Å²) >= 11 is 0. The highest BCUT2D eigenvalue weighted by atomic mass is 16.6. The molecule has 0 spiro atoms. The van der Waals surface area contributed by atoms with Crippen LogP contribution in [0.15, 0.2) is 11.9 Å². The third-order valence-corrected chi connectivity index (χ3v) is 1.81. The molecule has 13 heavy (non-hydrogen) atoms. The smallest absolute Gasteiger partial charge is 0.328 e. The van der Waals surface area contributed by atoms with E-state index in [1.807, 2.05) is 0 Å². The Hall–Kier alpha value is -1.59. The first-order valence-electron chi connectivity index (χ1n) is 3.82. The van der Waals surface area contributed by atoms with Crippen LogP contribution in [0.3, 0.4) is 0 Å². The van der Waals surface area contributed by atoms with Gasteiger partial charge in [-0.3, -0.25) is 10.1 Å². The van der Waals surface area contributed by atoms with Crippen molar-refractivity contribution in [3.05, 3.63) is 22.0 Å².